The van der Waals surface area contributed by atoms with E-state index in [1.54, 1.807) is 30.3 Å². The quantitative estimate of drug-likeness (QED) is 0.639. The van der Waals surface area contributed by atoms with Crippen LogP contribution in [0.4, 0.5) is 0 Å². The van der Waals surface area contributed by atoms with E-state index in [2.05, 4.69) is 0 Å². The summed E-state index contributed by atoms with van der Waals surface area (Å²) in [7, 11) is -7.60. The van der Waals surface area contributed by atoms with Crippen LogP contribution in [0.5, 0.6) is 0 Å². The molecule has 164 valence electrons. The zero-order valence-corrected chi connectivity index (χ0v) is 18.2. The summed E-state index contributed by atoms with van der Waals surface area (Å²) in [6, 6.07) is 14.7. The summed E-state index contributed by atoms with van der Waals surface area (Å²) in [6.07, 6.45) is 0. The molecule has 2 amide bonds. The number of sulfonamides is 2. The van der Waals surface area contributed by atoms with E-state index in [-0.39, 0.29) is 42.4 Å². The van der Waals surface area contributed by atoms with Gasteiger partial charge in [-0.25, -0.2) is 21.1 Å². The van der Waals surface area contributed by atoms with E-state index >= 15 is 0 Å². The molecular formula is C20H21N3O6S2. The van der Waals surface area contributed by atoms with Crippen molar-refractivity contribution < 1.29 is 26.4 Å². The Kier molecular flexibility index (Phi) is 5.58. The average Bonchev–Trinajstić information content (AvgIpc) is 2.95. The van der Waals surface area contributed by atoms with Gasteiger partial charge in [-0.3, -0.25) is 9.59 Å². The number of carbonyl (C=O) groups excluding carboxylic acids is 2. The first-order chi connectivity index (χ1) is 14.7. The predicted octanol–water partition coefficient (Wildman–Crippen LogP) is 0.505. The Morgan fingerprint density at radius 1 is 0.903 bits per heavy atom. The van der Waals surface area contributed by atoms with E-state index in [0.29, 0.717) is 9.87 Å². The molecule has 0 N–H and O–H groups in total. The van der Waals surface area contributed by atoms with Crippen molar-refractivity contribution >= 4 is 31.9 Å². The van der Waals surface area contributed by atoms with Crippen LogP contribution in [0.15, 0.2) is 59.5 Å². The van der Waals surface area contributed by atoms with Crippen LogP contribution in [-0.4, -0.2) is 74.9 Å². The molecule has 0 aromatic heterocycles. The number of piperazine rings is 1. The van der Waals surface area contributed by atoms with Gasteiger partial charge in [0, 0.05) is 26.2 Å². The first kappa shape index (κ1) is 21.5. The van der Waals surface area contributed by atoms with Gasteiger partial charge in [-0.15, -0.1) is 0 Å². The third kappa shape index (κ3) is 4.08. The molecule has 0 spiro atoms. The average molecular weight is 464 g/mol. The van der Waals surface area contributed by atoms with Crippen LogP contribution in [0.1, 0.15) is 15.9 Å². The van der Waals surface area contributed by atoms with Gasteiger partial charge in [0.15, 0.2) is 0 Å². The zero-order valence-electron chi connectivity index (χ0n) is 16.5. The second kappa shape index (κ2) is 8.06. The molecule has 2 aliphatic rings. The molecule has 0 unspecified atom stereocenters. The van der Waals surface area contributed by atoms with Crippen LogP contribution in [-0.2, 0) is 30.6 Å². The second-order valence-corrected chi connectivity index (χ2v) is 11.1. The maximum atomic E-state index is 12.7. The molecule has 4 rings (SSSR count). The topological polar surface area (TPSA) is 112 Å². The molecule has 31 heavy (non-hydrogen) atoms. The highest BCUT2D eigenvalue weighted by atomic mass is 32.2. The highest BCUT2D eigenvalue weighted by molar-refractivity contribution is 7.90. The van der Waals surface area contributed by atoms with Crippen LogP contribution in [0.25, 0.3) is 0 Å². The van der Waals surface area contributed by atoms with Gasteiger partial charge in [0.1, 0.15) is 11.4 Å². The lowest BCUT2D eigenvalue weighted by Crippen LogP contribution is -2.53. The molecule has 0 saturated carbocycles. The summed E-state index contributed by atoms with van der Waals surface area (Å²) in [5.74, 6) is -1.39. The van der Waals surface area contributed by atoms with Crippen molar-refractivity contribution in [1.82, 2.24) is 13.5 Å². The Morgan fingerprint density at radius 3 is 2.16 bits per heavy atom. The minimum atomic E-state index is -4.07. The lowest BCUT2D eigenvalue weighted by atomic mass is 10.2. The van der Waals surface area contributed by atoms with Crippen LogP contribution < -0.4 is 0 Å². The van der Waals surface area contributed by atoms with Crippen LogP contribution in [0.3, 0.4) is 0 Å². The fourth-order valence-corrected chi connectivity index (χ4v) is 6.74. The number of fused-ring (bicyclic) bond motifs is 1. The highest BCUT2D eigenvalue weighted by Gasteiger charge is 2.42. The minimum absolute atomic E-state index is 0.0483. The van der Waals surface area contributed by atoms with E-state index in [1.807, 2.05) is 6.07 Å². The number of hydrogen-bond acceptors (Lipinski definition) is 6. The largest absolute Gasteiger partial charge is 0.338 e. The number of carbonyl (C=O) groups is 2. The van der Waals surface area contributed by atoms with E-state index < -0.39 is 38.4 Å². The van der Waals surface area contributed by atoms with Crippen molar-refractivity contribution in [2.75, 3.05) is 32.7 Å². The number of rotatable bonds is 5. The second-order valence-electron chi connectivity index (χ2n) is 7.33. The van der Waals surface area contributed by atoms with Gasteiger partial charge in [0.2, 0.25) is 15.9 Å². The molecule has 0 aliphatic carbocycles. The number of nitrogens with zero attached hydrogens (tertiary/aromatic N) is 3. The molecule has 0 radical (unpaired) electrons. The van der Waals surface area contributed by atoms with Crippen molar-refractivity contribution in [3.05, 3.63) is 65.7 Å². The van der Waals surface area contributed by atoms with Gasteiger partial charge in [-0.05, 0) is 17.7 Å². The van der Waals surface area contributed by atoms with Gasteiger partial charge in [0.25, 0.3) is 15.9 Å². The van der Waals surface area contributed by atoms with Crippen molar-refractivity contribution in [3.63, 3.8) is 0 Å². The van der Waals surface area contributed by atoms with Crippen LogP contribution in [0, 0.1) is 0 Å². The van der Waals surface area contributed by atoms with Crippen molar-refractivity contribution in [3.8, 4) is 0 Å². The van der Waals surface area contributed by atoms with E-state index in [4.69, 9.17) is 0 Å². The standard InChI is InChI=1S/C20H21N3O6S2/c24-19(14-23-20(25)17-8-4-5-9-18(17)31(23,28)29)21-10-12-22(13-11-21)30(26,27)15-16-6-2-1-3-7-16/h1-9H,10-15H2. The molecule has 9 nitrogen and oxygen atoms in total. The number of amides is 2. The van der Waals surface area contributed by atoms with Crippen LogP contribution in [0.2, 0.25) is 0 Å². The number of hydrogen-bond donors (Lipinski definition) is 0. The summed E-state index contributed by atoms with van der Waals surface area (Å²) in [5.41, 5.74) is 0.727. The predicted molar refractivity (Wildman–Crippen MR) is 112 cm³/mol. The molecule has 0 atom stereocenters. The maximum absolute atomic E-state index is 12.7. The summed E-state index contributed by atoms with van der Waals surface area (Å²) in [6.45, 7) is -0.125. The minimum Gasteiger partial charge on any atom is -0.338 e. The van der Waals surface area contributed by atoms with Gasteiger partial charge < -0.3 is 4.90 Å². The highest BCUT2D eigenvalue weighted by Crippen LogP contribution is 2.29. The Bertz CT molecular complexity index is 1220. The molecule has 2 aromatic rings. The summed E-state index contributed by atoms with van der Waals surface area (Å²) >= 11 is 0. The molecule has 11 heteroatoms. The third-order valence-electron chi connectivity index (χ3n) is 5.37. The molecular weight excluding hydrogens is 442 g/mol. The molecule has 1 fully saturated rings. The lowest BCUT2D eigenvalue weighted by Gasteiger charge is -2.34. The normalized spacial score (nSPS) is 18.8. The Morgan fingerprint density at radius 2 is 1.52 bits per heavy atom. The lowest BCUT2D eigenvalue weighted by molar-refractivity contribution is -0.132. The fraction of sp³-hybridized carbons (Fsp3) is 0.300. The third-order valence-corrected chi connectivity index (χ3v) is 9.00. The molecule has 2 aliphatic heterocycles. The van der Waals surface area contributed by atoms with E-state index in [0.717, 1.165) is 0 Å². The number of benzene rings is 2. The van der Waals surface area contributed by atoms with Gasteiger partial charge in [0.05, 0.1) is 11.3 Å². The maximum Gasteiger partial charge on any atom is 0.269 e. The summed E-state index contributed by atoms with van der Waals surface area (Å²) < 4.78 is 52.5. The monoisotopic (exact) mass is 463 g/mol. The first-order valence-corrected chi connectivity index (χ1v) is 12.7. The van der Waals surface area contributed by atoms with Crippen molar-refractivity contribution in [2.45, 2.75) is 10.6 Å². The van der Waals surface area contributed by atoms with E-state index in [9.17, 15) is 26.4 Å². The SMILES string of the molecule is O=C(CN1C(=O)c2ccccc2S1(=O)=O)N1CCN(S(=O)(=O)Cc2ccccc2)CC1. The molecule has 2 heterocycles. The summed E-state index contributed by atoms with van der Waals surface area (Å²) in [4.78, 5) is 26.4. The molecule has 2 aromatic carbocycles. The van der Waals surface area contributed by atoms with Crippen LogP contribution >= 0.6 is 0 Å². The molecule has 1 saturated heterocycles. The van der Waals surface area contributed by atoms with Gasteiger partial charge in [-0.2, -0.15) is 4.31 Å². The Balaban J connectivity index is 1.39. The first-order valence-electron chi connectivity index (χ1n) is 9.66. The summed E-state index contributed by atoms with van der Waals surface area (Å²) in [5, 5.41) is 0. The van der Waals surface area contributed by atoms with Gasteiger partial charge >= 0.3 is 0 Å². The Labute approximate surface area is 181 Å². The van der Waals surface area contributed by atoms with Crippen molar-refractivity contribution in [2.24, 2.45) is 0 Å². The van der Waals surface area contributed by atoms with Gasteiger partial charge in [-0.1, -0.05) is 42.5 Å². The Hall–Kier alpha value is -2.76. The zero-order chi connectivity index (χ0) is 22.2. The smallest absolute Gasteiger partial charge is 0.269 e. The van der Waals surface area contributed by atoms with E-state index in [1.165, 1.54) is 27.4 Å². The molecule has 0 bridgehead atoms. The fourth-order valence-electron chi connectivity index (χ4n) is 3.70. The van der Waals surface area contributed by atoms with Crippen molar-refractivity contribution in [1.29, 1.82) is 0 Å².